The Morgan fingerprint density at radius 1 is 1.20 bits per heavy atom. The quantitative estimate of drug-likeness (QED) is 0.280. The average Bonchev–Trinajstić information content (AvgIpc) is 2.29. The molecule has 0 aliphatic heterocycles. The molecule has 0 aliphatic carbocycles. The van der Waals surface area contributed by atoms with Crippen molar-refractivity contribution in [3.63, 3.8) is 0 Å². The summed E-state index contributed by atoms with van der Waals surface area (Å²) >= 11 is 0. The molecule has 0 aromatic heterocycles. The summed E-state index contributed by atoms with van der Waals surface area (Å²) in [4.78, 5) is 4.02. The van der Waals surface area contributed by atoms with Gasteiger partial charge in [-0.25, -0.2) is 0 Å². The Hall–Kier alpha value is -0.250. The molecule has 0 heterocycles. The zero-order valence-corrected chi connectivity index (χ0v) is 14.5. The molecule has 2 N–H and O–H groups in total. The van der Waals surface area contributed by atoms with Crippen molar-refractivity contribution in [2.24, 2.45) is 10.9 Å². The van der Waals surface area contributed by atoms with Gasteiger partial charge >= 0.3 is 6.18 Å². The maximum Gasteiger partial charge on any atom is 0.411 e. The lowest BCUT2D eigenvalue weighted by Gasteiger charge is -2.13. The molecule has 0 radical (unpaired) electrons. The lowest BCUT2D eigenvalue weighted by atomic mass is 10.1. The van der Waals surface area contributed by atoms with Crippen LogP contribution in [0.15, 0.2) is 4.99 Å². The highest BCUT2D eigenvalue weighted by atomic mass is 127. The van der Waals surface area contributed by atoms with Gasteiger partial charge in [-0.15, -0.1) is 24.0 Å². The van der Waals surface area contributed by atoms with Crippen molar-refractivity contribution in [2.75, 3.05) is 33.4 Å². The monoisotopic (exact) mass is 411 g/mol. The fourth-order valence-electron chi connectivity index (χ4n) is 1.27. The van der Waals surface area contributed by atoms with Crippen LogP contribution < -0.4 is 10.6 Å². The third kappa shape index (κ3) is 15.8. The van der Waals surface area contributed by atoms with Gasteiger partial charge in [-0.05, 0) is 18.8 Å². The Bertz CT molecular complexity index is 261. The molecule has 0 saturated heterocycles. The molecule has 0 bridgehead atoms. The SMILES string of the molecule is CN=C(NCCCOCC(F)(F)F)NCCC(C)C.I. The van der Waals surface area contributed by atoms with Crippen molar-refractivity contribution in [2.45, 2.75) is 32.9 Å². The van der Waals surface area contributed by atoms with Gasteiger partial charge < -0.3 is 15.4 Å². The molecule has 0 aromatic rings. The van der Waals surface area contributed by atoms with E-state index in [1.54, 1.807) is 7.05 Å². The second-order valence-electron chi connectivity index (χ2n) is 4.63. The van der Waals surface area contributed by atoms with E-state index in [9.17, 15) is 13.2 Å². The number of aliphatic imine (C=N–C) groups is 1. The van der Waals surface area contributed by atoms with Gasteiger partial charge in [0.15, 0.2) is 5.96 Å². The van der Waals surface area contributed by atoms with Crippen LogP contribution in [-0.4, -0.2) is 45.5 Å². The maximum absolute atomic E-state index is 11.8. The first kappa shape index (κ1) is 22.0. The number of guanidine groups is 1. The van der Waals surface area contributed by atoms with Gasteiger partial charge in [0.25, 0.3) is 0 Å². The summed E-state index contributed by atoms with van der Waals surface area (Å²) in [6, 6.07) is 0. The van der Waals surface area contributed by atoms with Crippen LogP contribution in [0.5, 0.6) is 0 Å². The van der Waals surface area contributed by atoms with Gasteiger partial charge in [-0.3, -0.25) is 4.99 Å². The van der Waals surface area contributed by atoms with Gasteiger partial charge in [0.05, 0.1) is 0 Å². The molecule has 0 saturated carbocycles. The van der Waals surface area contributed by atoms with E-state index in [1.807, 2.05) is 0 Å². The highest BCUT2D eigenvalue weighted by molar-refractivity contribution is 14.0. The lowest BCUT2D eigenvalue weighted by molar-refractivity contribution is -0.173. The molecule has 0 aliphatic rings. The summed E-state index contributed by atoms with van der Waals surface area (Å²) in [6.07, 6.45) is -2.71. The second-order valence-corrected chi connectivity index (χ2v) is 4.63. The molecular formula is C12H25F3IN3O. The summed E-state index contributed by atoms with van der Waals surface area (Å²) in [5.41, 5.74) is 0. The predicted octanol–water partition coefficient (Wildman–Crippen LogP) is 2.78. The van der Waals surface area contributed by atoms with E-state index < -0.39 is 12.8 Å². The molecule has 0 spiro atoms. The first-order chi connectivity index (χ1) is 8.85. The summed E-state index contributed by atoms with van der Waals surface area (Å²) in [7, 11) is 1.66. The molecule has 0 rings (SSSR count). The van der Waals surface area contributed by atoms with Crippen LogP contribution in [0.3, 0.4) is 0 Å². The summed E-state index contributed by atoms with van der Waals surface area (Å²) in [5.74, 6) is 1.28. The Morgan fingerprint density at radius 3 is 2.30 bits per heavy atom. The van der Waals surface area contributed by atoms with Gasteiger partial charge in [-0.1, -0.05) is 13.8 Å². The average molecular weight is 411 g/mol. The van der Waals surface area contributed by atoms with Crippen LogP contribution in [-0.2, 0) is 4.74 Å². The Kier molecular flexibility index (Phi) is 13.8. The fraction of sp³-hybridized carbons (Fsp3) is 0.917. The highest BCUT2D eigenvalue weighted by Crippen LogP contribution is 2.14. The fourth-order valence-corrected chi connectivity index (χ4v) is 1.27. The molecule has 20 heavy (non-hydrogen) atoms. The Morgan fingerprint density at radius 2 is 1.80 bits per heavy atom. The summed E-state index contributed by atoms with van der Waals surface area (Å²) in [5, 5.41) is 6.15. The minimum absolute atomic E-state index is 0. The van der Waals surface area contributed by atoms with Crippen molar-refractivity contribution in [3.8, 4) is 0 Å². The third-order valence-electron chi connectivity index (χ3n) is 2.26. The number of hydrogen-bond donors (Lipinski definition) is 2. The van der Waals surface area contributed by atoms with Crippen LogP contribution in [0.25, 0.3) is 0 Å². The van der Waals surface area contributed by atoms with Crippen LogP contribution in [0.2, 0.25) is 0 Å². The number of halogens is 4. The van der Waals surface area contributed by atoms with Gasteiger partial charge in [0, 0.05) is 26.7 Å². The zero-order valence-electron chi connectivity index (χ0n) is 12.2. The first-order valence-corrected chi connectivity index (χ1v) is 6.44. The number of hydrogen-bond acceptors (Lipinski definition) is 2. The third-order valence-corrected chi connectivity index (χ3v) is 2.26. The first-order valence-electron chi connectivity index (χ1n) is 6.44. The lowest BCUT2D eigenvalue weighted by Crippen LogP contribution is -2.38. The van der Waals surface area contributed by atoms with E-state index in [1.165, 1.54) is 0 Å². The minimum atomic E-state index is -4.25. The standard InChI is InChI=1S/C12H24F3N3O.HI/c1-10(2)5-7-18-11(16-3)17-6-4-8-19-9-12(13,14)15;/h10H,4-9H2,1-3H3,(H2,16,17,18);1H. The molecule has 0 fully saturated rings. The van der Waals surface area contributed by atoms with Crippen LogP contribution in [0.4, 0.5) is 13.2 Å². The van der Waals surface area contributed by atoms with Crippen LogP contribution >= 0.6 is 24.0 Å². The predicted molar refractivity (Wildman–Crippen MR) is 85.7 cm³/mol. The van der Waals surface area contributed by atoms with E-state index in [0.29, 0.717) is 24.8 Å². The number of nitrogens with one attached hydrogen (secondary N) is 2. The van der Waals surface area contributed by atoms with Gasteiger partial charge in [-0.2, -0.15) is 13.2 Å². The van der Waals surface area contributed by atoms with Crippen molar-refractivity contribution in [1.29, 1.82) is 0 Å². The normalized spacial score (nSPS) is 12.2. The maximum atomic E-state index is 11.8. The van der Waals surface area contributed by atoms with Crippen LogP contribution in [0.1, 0.15) is 26.7 Å². The van der Waals surface area contributed by atoms with Crippen molar-refractivity contribution >= 4 is 29.9 Å². The van der Waals surface area contributed by atoms with Crippen molar-refractivity contribution in [3.05, 3.63) is 0 Å². The Labute approximate surface area is 136 Å². The number of alkyl halides is 3. The second kappa shape index (κ2) is 12.5. The van der Waals surface area contributed by atoms with E-state index >= 15 is 0 Å². The van der Waals surface area contributed by atoms with E-state index in [4.69, 9.17) is 0 Å². The molecular weight excluding hydrogens is 386 g/mol. The number of ether oxygens (including phenoxy) is 1. The molecule has 0 unspecified atom stereocenters. The van der Waals surface area contributed by atoms with E-state index in [-0.39, 0.29) is 30.6 Å². The van der Waals surface area contributed by atoms with Gasteiger partial charge in [0.2, 0.25) is 0 Å². The molecule has 122 valence electrons. The molecule has 0 aromatic carbocycles. The number of rotatable bonds is 8. The van der Waals surface area contributed by atoms with Crippen molar-refractivity contribution < 1.29 is 17.9 Å². The molecule has 0 amide bonds. The van der Waals surface area contributed by atoms with Crippen molar-refractivity contribution in [1.82, 2.24) is 10.6 Å². The largest absolute Gasteiger partial charge is 0.411 e. The highest BCUT2D eigenvalue weighted by Gasteiger charge is 2.27. The number of nitrogens with zero attached hydrogens (tertiary/aromatic N) is 1. The van der Waals surface area contributed by atoms with Gasteiger partial charge in [0.1, 0.15) is 6.61 Å². The topological polar surface area (TPSA) is 45.7 Å². The summed E-state index contributed by atoms with van der Waals surface area (Å²) in [6.45, 7) is 4.51. The smallest absolute Gasteiger partial charge is 0.372 e. The minimum Gasteiger partial charge on any atom is -0.372 e. The van der Waals surface area contributed by atoms with E-state index in [0.717, 1.165) is 13.0 Å². The van der Waals surface area contributed by atoms with E-state index in [2.05, 4.69) is 34.2 Å². The molecule has 0 atom stereocenters. The zero-order chi connectivity index (χ0) is 14.7. The molecule has 8 heteroatoms. The molecule has 4 nitrogen and oxygen atoms in total. The Balaban J connectivity index is 0. The summed E-state index contributed by atoms with van der Waals surface area (Å²) < 4.78 is 39.8. The van der Waals surface area contributed by atoms with Crippen LogP contribution in [0, 0.1) is 5.92 Å².